The number of esters is 1. The zero-order chi connectivity index (χ0) is 19.6. The molecule has 0 aliphatic rings. The molecule has 9 heteroatoms. The zero-order valence-corrected chi connectivity index (χ0v) is 16.6. The number of methoxy groups -OCH3 is 1. The third-order valence-corrected chi connectivity index (χ3v) is 6.42. The summed E-state index contributed by atoms with van der Waals surface area (Å²) in [5, 5.41) is 0.438. The van der Waals surface area contributed by atoms with Crippen molar-refractivity contribution in [2.24, 2.45) is 4.40 Å². The van der Waals surface area contributed by atoms with Gasteiger partial charge in [0.05, 0.1) is 27.8 Å². The number of halogens is 1. The molecule has 1 aromatic heterocycles. The van der Waals surface area contributed by atoms with Crippen molar-refractivity contribution in [3.05, 3.63) is 70.5 Å². The van der Waals surface area contributed by atoms with Crippen molar-refractivity contribution in [1.82, 2.24) is 4.57 Å². The molecule has 0 atom stereocenters. The molecule has 0 fully saturated rings. The summed E-state index contributed by atoms with van der Waals surface area (Å²) < 4.78 is 36.5. The van der Waals surface area contributed by atoms with E-state index in [9.17, 15) is 13.2 Å². The normalized spacial score (nSPS) is 12.3. The Morgan fingerprint density at radius 3 is 2.63 bits per heavy atom. The third-order valence-electron chi connectivity index (χ3n) is 3.73. The number of fused-ring (bicyclic) bond motifs is 1. The largest absolute Gasteiger partial charge is 0.465 e. The van der Waals surface area contributed by atoms with Crippen LogP contribution in [0.3, 0.4) is 0 Å². The van der Waals surface area contributed by atoms with E-state index in [1.807, 2.05) is 0 Å². The molecule has 3 aromatic rings. The molecule has 0 bridgehead atoms. The SMILES string of the molecule is C=CCn1c(=NS(=O)(=O)c2ccc(Cl)cc2)sc2cc(C(=O)OC)ccc21. The fraction of sp³-hybridized carbons (Fsp3) is 0.111. The second-order valence-electron chi connectivity index (χ2n) is 5.48. The number of nitrogens with zero attached hydrogens (tertiary/aromatic N) is 2. The molecule has 27 heavy (non-hydrogen) atoms. The maximum Gasteiger partial charge on any atom is 0.337 e. The van der Waals surface area contributed by atoms with E-state index in [1.54, 1.807) is 28.8 Å². The number of hydrogen-bond acceptors (Lipinski definition) is 5. The van der Waals surface area contributed by atoms with Gasteiger partial charge in [-0.2, -0.15) is 8.42 Å². The first-order chi connectivity index (χ1) is 12.9. The third kappa shape index (κ3) is 3.97. The number of hydrogen-bond donors (Lipinski definition) is 0. The number of benzene rings is 2. The highest BCUT2D eigenvalue weighted by atomic mass is 35.5. The van der Waals surface area contributed by atoms with Gasteiger partial charge in [-0.3, -0.25) is 0 Å². The van der Waals surface area contributed by atoms with Crippen molar-refractivity contribution >= 4 is 49.1 Å². The first-order valence-electron chi connectivity index (χ1n) is 7.75. The summed E-state index contributed by atoms with van der Waals surface area (Å²) >= 11 is 6.98. The van der Waals surface area contributed by atoms with E-state index in [-0.39, 0.29) is 9.70 Å². The minimum absolute atomic E-state index is 0.0461. The van der Waals surface area contributed by atoms with Gasteiger partial charge in [0.25, 0.3) is 10.0 Å². The van der Waals surface area contributed by atoms with Crippen molar-refractivity contribution in [1.29, 1.82) is 0 Å². The number of allylic oxidation sites excluding steroid dienone is 1. The van der Waals surface area contributed by atoms with E-state index in [0.717, 1.165) is 5.52 Å². The van der Waals surface area contributed by atoms with E-state index in [4.69, 9.17) is 16.3 Å². The average Bonchev–Trinajstić information content (AvgIpc) is 2.97. The fourth-order valence-corrected chi connectivity index (χ4v) is 4.86. The molecule has 0 aliphatic heterocycles. The molecule has 6 nitrogen and oxygen atoms in total. The predicted molar refractivity (Wildman–Crippen MR) is 106 cm³/mol. The van der Waals surface area contributed by atoms with Gasteiger partial charge < -0.3 is 9.30 Å². The van der Waals surface area contributed by atoms with E-state index in [0.29, 0.717) is 21.8 Å². The van der Waals surface area contributed by atoms with Crippen LogP contribution < -0.4 is 4.80 Å². The second-order valence-corrected chi connectivity index (χ2v) is 8.53. The second kappa shape index (κ2) is 7.67. The van der Waals surface area contributed by atoms with Gasteiger partial charge in [-0.1, -0.05) is 29.0 Å². The molecule has 0 radical (unpaired) electrons. The van der Waals surface area contributed by atoms with Crippen LogP contribution in [0.1, 0.15) is 10.4 Å². The molecule has 0 spiro atoms. The van der Waals surface area contributed by atoms with Crippen LogP contribution in [-0.2, 0) is 21.3 Å². The summed E-state index contributed by atoms with van der Waals surface area (Å²) in [6.45, 7) is 4.08. The fourth-order valence-electron chi connectivity index (χ4n) is 2.46. The van der Waals surface area contributed by atoms with Crippen molar-refractivity contribution in [3.8, 4) is 0 Å². The maximum atomic E-state index is 12.7. The summed E-state index contributed by atoms with van der Waals surface area (Å²) in [5.74, 6) is -0.465. The summed E-state index contributed by atoms with van der Waals surface area (Å²) in [7, 11) is -2.62. The van der Waals surface area contributed by atoms with Gasteiger partial charge in [0.1, 0.15) is 0 Å². The first kappa shape index (κ1) is 19.3. The molecule has 0 amide bonds. The molecule has 0 unspecified atom stereocenters. The van der Waals surface area contributed by atoms with E-state index in [1.165, 1.54) is 42.7 Å². The van der Waals surface area contributed by atoms with E-state index in [2.05, 4.69) is 11.0 Å². The first-order valence-corrected chi connectivity index (χ1v) is 10.4. The number of thiazole rings is 1. The van der Waals surface area contributed by atoms with Crippen LogP contribution in [-0.4, -0.2) is 26.1 Å². The molecular formula is C18H15ClN2O4S2. The van der Waals surface area contributed by atoms with Crippen molar-refractivity contribution in [2.45, 2.75) is 11.4 Å². The number of carbonyl (C=O) groups excluding carboxylic acids is 1. The van der Waals surface area contributed by atoms with Crippen molar-refractivity contribution < 1.29 is 17.9 Å². The number of rotatable bonds is 5. The predicted octanol–water partition coefficient (Wildman–Crippen LogP) is 3.62. The van der Waals surface area contributed by atoms with Gasteiger partial charge in [-0.25, -0.2) is 4.79 Å². The highest BCUT2D eigenvalue weighted by molar-refractivity contribution is 7.90. The Balaban J connectivity index is 2.21. The van der Waals surface area contributed by atoms with Crippen LogP contribution in [0, 0.1) is 0 Å². The quantitative estimate of drug-likeness (QED) is 0.464. The lowest BCUT2D eigenvalue weighted by Crippen LogP contribution is -2.16. The molecule has 0 aliphatic carbocycles. The molecule has 2 aromatic carbocycles. The van der Waals surface area contributed by atoms with Gasteiger partial charge in [-0.05, 0) is 42.5 Å². The van der Waals surface area contributed by atoms with Gasteiger partial charge in [-0.15, -0.1) is 11.0 Å². The molecule has 0 saturated carbocycles. The molecule has 0 N–H and O–H groups in total. The molecule has 1 heterocycles. The highest BCUT2D eigenvalue weighted by Gasteiger charge is 2.15. The van der Waals surface area contributed by atoms with Gasteiger partial charge in [0, 0.05) is 11.6 Å². The van der Waals surface area contributed by atoms with Gasteiger partial charge in [0.15, 0.2) is 0 Å². The van der Waals surface area contributed by atoms with Crippen LogP contribution in [0.25, 0.3) is 10.2 Å². The Morgan fingerprint density at radius 1 is 1.30 bits per heavy atom. The smallest absolute Gasteiger partial charge is 0.337 e. The van der Waals surface area contributed by atoms with E-state index < -0.39 is 16.0 Å². The van der Waals surface area contributed by atoms with Gasteiger partial charge in [0.2, 0.25) is 4.80 Å². The molecule has 140 valence electrons. The Hall–Kier alpha value is -2.42. The van der Waals surface area contributed by atoms with Crippen LogP contribution in [0.4, 0.5) is 0 Å². The number of ether oxygens (including phenoxy) is 1. The van der Waals surface area contributed by atoms with Crippen LogP contribution >= 0.6 is 22.9 Å². The Labute approximate surface area is 165 Å². The molecular weight excluding hydrogens is 408 g/mol. The number of aromatic nitrogens is 1. The molecule has 0 saturated heterocycles. The Kier molecular flexibility index (Phi) is 5.50. The van der Waals surface area contributed by atoms with E-state index >= 15 is 0 Å². The maximum absolute atomic E-state index is 12.7. The summed E-state index contributed by atoms with van der Waals surface area (Å²) in [6.07, 6.45) is 1.65. The van der Waals surface area contributed by atoms with Crippen LogP contribution in [0.15, 0.2) is 64.4 Å². The Bertz CT molecular complexity index is 1190. The topological polar surface area (TPSA) is 77.7 Å². The minimum atomic E-state index is -3.92. The summed E-state index contributed by atoms with van der Waals surface area (Å²) in [5.41, 5.74) is 1.13. The van der Waals surface area contributed by atoms with Crippen molar-refractivity contribution in [2.75, 3.05) is 7.11 Å². The minimum Gasteiger partial charge on any atom is -0.465 e. The van der Waals surface area contributed by atoms with Crippen LogP contribution in [0.2, 0.25) is 5.02 Å². The monoisotopic (exact) mass is 422 g/mol. The standard InChI is InChI=1S/C18H15ClN2O4S2/c1-3-10-21-15-9-4-12(17(22)25-2)11-16(15)26-18(21)20-27(23,24)14-7-5-13(19)6-8-14/h3-9,11H,1,10H2,2H3. The lowest BCUT2D eigenvalue weighted by atomic mass is 10.2. The highest BCUT2D eigenvalue weighted by Crippen LogP contribution is 2.21. The Morgan fingerprint density at radius 2 is 2.00 bits per heavy atom. The lowest BCUT2D eigenvalue weighted by molar-refractivity contribution is 0.0601. The van der Waals surface area contributed by atoms with Gasteiger partial charge >= 0.3 is 5.97 Å². The molecule has 3 rings (SSSR count). The zero-order valence-electron chi connectivity index (χ0n) is 14.3. The average molecular weight is 423 g/mol. The number of sulfonamides is 1. The summed E-state index contributed by atoms with van der Waals surface area (Å²) in [6, 6.07) is 10.8. The number of carbonyl (C=O) groups is 1. The summed E-state index contributed by atoms with van der Waals surface area (Å²) in [4.78, 5) is 12.1. The van der Waals surface area contributed by atoms with Crippen LogP contribution in [0.5, 0.6) is 0 Å². The lowest BCUT2D eigenvalue weighted by Gasteiger charge is -2.03. The van der Waals surface area contributed by atoms with Crippen molar-refractivity contribution in [3.63, 3.8) is 0 Å².